The van der Waals surface area contributed by atoms with Crippen molar-refractivity contribution in [3.8, 4) is 0 Å². The second-order valence-electron chi connectivity index (χ2n) is 5.14. The fraction of sp³-hybridized carbons (Fsp3) is 0.909. The van der Waals surface area contributed by atoms with E-state index in [1.165, 1.54) is 0 Å². The van der Waals surface area contributed by atoms with Crippen LogP contribution in [-0.2, 0) is 4.79 Å². The Kier molecular flexibility index (Phi) is 4.29. The van der Waals surface area contributed by atoms with Gasteiger partial charge in [0.1, 0.15) is 0 Å². The van der Waals surface area contributed by atoms with Gasteiger partial charge in [0.2, 0.25) is 5.91 Å². The van der Waals surface area contributed by atoms with Gasteiger partial charge in [0, 0.05) is 5.41 Å². The van der Waals surface area contributed by atoms with E-state index in [0.29, 0.717) is 0 Å². The third-order valence-corrected chi connectivity index (χ3v) is 3.37. The minimum absolute atomic E-state index is 0.0837. The van der Waals surface area contributed by atoms with Gasteiger partial charge in [0.15, 0.2) is 0 Å². The second kappa shape index (κ2) is 5.12. The summed E-state index contributed by atoms with van der Waals surface area (Å²) in [5, 5.41) is 24.2. The van der Waals surface area contributed by atoms with Crippen LogP contribution >= 0.6 is 0 Å². The highest BCUT2D eigenvalue weighted by Gasteiger charge is 2.37. The molecule has 1 fully saturated rings. The van der Waals surface area contributed by atoms with Crippen LogP contribution in [0.2, 0.25) is 0 Å². The number of hydrogen-bond donors (Lipinski definition) is 4. The van der Waals surface area contributed by atoms with Crippen LogP contribution in [0.3, 0.4) is 0 Å². The maximum absolute atomic E-state index is 12.1. The van der Waals surface area contributed by atoms with Crippen molar-refractivity contribution >= 4 is 5.91 Å². The summed E-state index contributed by atoms with van der Waals surface area (Å²) in [6.45, 7) is 4.71. The first kappa shape index (κ1) is 13.4. The lowest BCUT2D eigenvalue weighted by atomic mass is 9.79. The standard InChI is InChI=1S/C11H22N2O3/c1-10(3-5-12-6-4-10)9(16)13-11(2,7-14)8-15/h12,14-15H,3-8H2,1-2H3,(H,13,16). The summed E-state index contributed by atoms with van der Waals surface area (Å²) in [7, 11) is 0. The van der Waals surface area contributed by atoms with Crippen LogP contribution < -0.4 is 10.6 Å². The zero-order valence-corrected chi connectivity index (χ0v) is 10.0. The molecule has 1 aliphatic rings. The minimum atomic E-state index is -0.926. The van der Waals surface area contributed by atoms with E-state index in [1.54, 1.807) is 6.92 Å². The second-order valence-corrected chi connectivity index (χ2v) is 5.14. The summed E-state index contributed by atoms with van der Waals surface area (Å²) in [6.07, 6.45) is 1.57. The van der Waals surface area contributed by atoms with Crippen molar-refractivity contribution in [2.45, 2.75) is 32.2 Å². The highest BCUT2D eigenvalue weighted by molar-refractivity contribution is 5.83. The Morgan fingerprint density at radius 1 is 1.38 bits per heavy atom. The number of piperidine rings is 1. The zero-order valence-electron chi connectivity index (χ0n) is 10.0. The van der Waals surface area contributed by atoms with Crippen LogP contribution in [0.15, 0.2) is 0 Å². The maximum atomic E-state index is 12.1. The molecule has 1 aliphatic heterocycles. The van der Waals surface area contributed by atoms with E-state index in [2.05, 4.69) is 10.6 Å². The lowest BCUT2D eigenvalue weighted by Gasteiger charge is -2.36. The first-order valence-electron chi connectivity index (χ1n) is 5.71. The summed E-state index contributed by atoms with van der Waals surface area (Å²) in [5.74, 6) is -0.0837. The Bertz CT molecular complexity index is 246. The largest absolute Gasteiger partial charge is 0.394 e. The average molecular weight is 230 g/mol. The Morgan fingerprint density at radius 2 is 1.88 bits per heavy atom. The molecule has 0 bridgehead atoms. The number of carbonyl (C=O) groups excluding carboxylic acids is 1. The van der Waals surface area contributed by atoms with Gasteiger partial charge < -0.3 is 20.8 Å². The number of hydrogen-bond acceptors (Lipinski definition) is 4. The Balaban J connectivity index is 2.63. The molecule has 0 aliphatic carbocycles. The van der Waals surface area contributed by atoms with E-state index in [1.807, 2.05) is 6.92 Å². The van der Waals surface area contributed by atoms with Crippen LogP contribution in [0.25, 0.3) is 0 Å². The molecule has 0 aromatic heterocycles. The third-order valence-electron chi connectivity index (χ3n) is 3.37. The van der Waals surface area contributed by atoms with Crippen molar-refractivity contribution in [1.29, 1.82) is 0 Å². The number of carbonyl (C=O) groups is 1. The van der Waals surface area contributed by atoms with Crippen LogP contribution in [0.5, 0.6) is 0 Å². The molecule has 0 atom stereocenters. The van der Waals surface area contributed by atoms with E-state index >= 15 is 0 Å². The molecular weight excluding hydrogens is 208 g/mol. The smallest absolute Gasteiger partial charge is 0.226 e. The summed E-state index contributed by atoms with van der Waals surface area (Å²) in [6, 6.07) is 0. The zero-order chi connectivity index (χ0) is 12.2. The van der Waals surface area contributed by atoms with Crippen molar-refractivity contribution < 1.29 is 15.0 Å². The summed E-state index contributed by atoms with van der Waals surface area (Å²) in [4.78, 5) is 12.1. The molecular formula is C11H22N2O3. The average Bonchev–Trinajstić information content (AvgIpc) is 2.30. The fourth-order valence-electron chi connectivity index (χ4n) is 1.76. The van der Waals surface area contributed by atoms with Gasteiger partial charge in [0.25, 0.3) is 0 Å². The Morgan fingerprint density at radius 3 is 2.31 bits per heavy atom. The van der Waals surface area contributed by atoms with Crippen molar-refractivity contribution in [2.75, 3.05) is 26.3 Å². The van der Waals surface area contributed by atoms with Crippen molar-refractivity contribution in [3.05, 3.63) is 0 Å². The Hall–Kier alpha value is -0.650. The van der Waals surface area contributed by atoms with E-state index in [-0.39, 0.29) is 19.1 Å². The lowest BCUT2D eigenvalue weighted by molar-refractivity contribution is -0.134. The predicted molar refractivity (Wildman–Crippen MR) is 60.9 cm³/mol. The molecule has 5 heteroatoms. The molecule has 4 N–H and O–H groups in total. The monoisotopic (exact) mass is 230 g/mol. The van der Waals surface area contributed by atoms with Crippen LogP contribution in [0.4, 0.5) is 0 Å². The molecule has 94 valence electrons. The molecule has 5 nitrogen and oxygen atoms in total. The molecule has 16 heavy (non-hydrogen) atoms. The number of amides is 1. The summed E-state index contributed by atoms with van der Waals surface area (Å²) >= 11 is 0. The normalized spacial score (nSPS) is 20.5. The van der Waals surface area contributed by atoms with E-state index in [4.69, 9.17) is 10.2 Å². The molecule has 1 rings (SSSR count). The molecule has 0 aromatic rings. The van der Waals surface area contributed by atoms with Gasteiger partial charge >= 0.3 is 0 Å². The summed E-state index contributed by atoms with van der Waals surface area (Å²) in [5.41, 5.74) is -1.32. The molecule has 0 radical (unpaired) electrons. The quantitative estimate of drug-likeness (QED) is 0.511. The fourth-order valence-corrected chi connectivity index (χ4v) is 1.76. The van der Waals surface area contributed by atoms with Gasteiger partial charge in [-0.2, -0.15) is 0 Å². The van der Waals surface area contributed by atoms with E-state index in [0.717, 1.165) is 25.9 Å². The van der Waals surface area contributed by atoms with Gasteiger partial charge in [0.05, 0.1) is 18.8 Å². The van der Waals surface area contributed by atoms with Crippen LogP contribution in [0, 0.1) is 5.41 Å². The Labute approximate surface area is 96.2 Å². The lowest BCUT2D eigenvalue weighted by Crippen LogP contribution is -2.57. The molecule has 1 amide bonds. The third kappa shape index (κ3) is 2.93. The number of rotatable bonds is 4. The van der Waals surface area contributed by atoms with Crippen molar-refractivity contribution in [3.63, 3.8) is 0 Å². The molecule has 1 saturated heterocycles. The van der Waals surface area contributed by atoms with Gasteiger partial charge in [-0.05, 0) is 32.9 Å². The van der Waals surface area contributed by atoms with Crippen LogP contribution in [-0.4, -0.2) is 48.0 Å². The van der Waals surface area contributed by atoms with Crippen molar-refractivity contribution in [1.82, 2.24) is 10.6 Å². The van der Waals surface area contributed by atoms with Gasteiger partial charge in [-0.15, -0.1) is 0 Å². The van der Waals surface area contributed by atoms with Crippen LogP contribution in [0.1, 0.15) is 26.7 Å². The first-order valence-corrected chi connectivity index (χ1v) is 5.71. The number of nitrogens with one attached hydrogen (secondary N) is 2. The van der Waals surface area contributed by atoms with E-state index < -0.39 is 11.0 Å². The van der Waals surface area contributed by atoms with Crippen molar-refractivity contribution in [2.24, 2.45) is 5.41 Å². The predicted octanol–water partition coefficient (Wildman–Crippen LogP) is -0.764. The van der Waals surface area contributed by atoms with Gasteiger partial charge in [-0.25, -0.2) is 0 Å². The molecule has 1 heterocycles. The molecule has 0 spiro atoms. The highest BCUT2D eigenvalue weighted by Crippen LogP contribution is 2.28. The number of aliphatic hydroxyl groups is 2. The molecule has 0 unspecified atom stereocenters. The van der Waals surface area contributed by atoms with Gasteiger partial charge in [-0.1, -0.05) is 6.92 Å². The van der Waals surface area contributed by atoms with E-state index in [9.17, 15) is 4.79 Å². The molecule has 0 saturated carbocycles. The first-order chi connectivity index (χ1) is 7.46. The SMILES string of the molecule is CC(CO)(CO)NC(=O)C1(C)CCNCC1. The number of aliphatic hydroxyl groups excluding tert-OH is 2. The summed E-state index contributed by atoms with van der Waals surface area (Å²) < 4.78 is 0. The molecule has 0 aromatic carbocycles. The minimum Gasteiger partial charge on any atom is -0.394 e. The van der Waals surface area contributed by atoms with Gasteiger partial charge in [-0.3, -0.25) is 4.79 Å². The maximum Gasteiger partial charge on any atom is 0.226 e. The highest BCUT2D eigenvalue weighted by atomic mass is 16.3. The topological polar surface area (TPSA) is 81.6 Å².